The SMILES string of the molecule is CC(=O)N1CCc2ccccc2[C@H]1C(=O)N[C@H](C)c1ccccc1. The number of amides is 2. The summed E-state index contributed by atoms with van der Waals surface area (Å²) in [4.78, 5) is 26.6. The summed E-state index contributed by atoms with van der Waals surface area (Å²) in [6.45, 7) is 4.05. The molecule has 2 atom stereocenters. The second-order valence-corrected chi connectivity index (χ2v) is 6.20. The van der Waals surface area contributed by atoms with Crippen molar-refractivity contribution in [2.24, 2.45) is 0 Å². The normalized spacial score (nSPS) is 17.8. The van der Waals surface area contributed by atoms with Crippen molar-refractivity contribution in [3.8, 4) is 0 Å². The average Bonchev–Trinajstić information content (AvgIpc) is 2.61. The lowest BCUT2D eigenvalue weighted by atomic mass is 9.91. The summed E-state index contributed by atoms with van der Waals surface area (Å²) in [5.41, 5.74) is 3.11. The molecular weight excluding hydrogens is 300 g/mol. The summed E-state index contributed by atoms with van der Waals surface area (Å²) >= 11 is 0. The van der Waals surface area contributed by atoms with Crippen molar-refractivity contribution in [3.05, 3.63) is 71.3 Å². The number of carbonyl (C=O) groups is 2. The summed E-state index contributed by atoms with van der Waals surface area (Å²) in [5.74, 6) is -0.203. The van der Waals surface area contributed by atoms with Crippen LogP contribution in [0.5, 0.6) is 0 Å². The largest absolute Gasteiger partial charge is 0.347 e. The fourth-order valence-corrected chi connectivity index (χ4v) is 3.31. The van der Waals surface area contributed by atoms with Crippen LogP contribution >= 0.6 is 0 Å². The van der Waals surface area contributed by atoms with Crippen LogP contribution in [0.25, 0.3) is 0 Å². The number of nitrogens with one attached hydrogen (secondary N) is 1. The Morgan fingerprint density at radius 3 is 2.46 bits per heavy atom. The zero-order chi connectivity index (χ0) is 17.1. The molecule has 4 nitrogen and oxygen atoms in total. The highest BCUT2D eigenvalue weighted by molar-refractivity contribution is 5.89. The minimum Gasteiger partial charge on any atom is -0.347 e. The minimum absolute atomic E-state index is 0.0722. The third-order valence-corrected chi connectivity index (χ3v) is 4.59. The molecule has 0 saturated heterocycles. The number of carbonyl (C=O) groups excluding carboxylic acids is 2. The highest BCUT2D eigenvalue weighted by atomic mass is 16.2. The van der Waals surface area contributed by atoms with E-state index in [9.17, 15) is 9.59 Å². The van der Waals surface area contributed by atoms with Crippen molar-refractivity contribution < 1.29 is 9.59 Å². The molecule has 2 aromatic rings. The molecule has 0 fully saturated rings. The number of hydrogen-bond donors (Lipinski definition) is 1. The number of fused-ring (bicyclic) bond motifs is 1. The van der Waals surface area contributed by atoms with Gasteiger partial charge in [0.05, 0.1) is 6.04 Å². The maximum Gasteiger partial charge on any atom is 0.247 e. The van der Waals surface area contributed by atoms with Gasteiger partial charge in [-0.1, -0.05) is 54.6 Å². The van der Waals surface area contributed by atoms with E-state index < -0.39 is 6.04 Å². The molecule has 1 N–H and O–H groups in total. The highest BCUT2D eigenvalue weighted by Crippen LogP contribution is 2.30. The third-order valence-electron chi connectivity index (χ3n) is 4.59. The van der Waals surface area contributed by atoms with Crippen molar-refractivity contribution in [2.75, 3.05) is 6.54 Å². The molecule has 0 radical (unpaired) electrons. The first kappa shape index (κ1) is 16.2. The van der Waals surface area contributed by atoms with E-state index in [4.69, 9.17) is 0 Å². The van der Waals surface area contributed by atoms with Gasteiger partial charge in [0.25, 0.3) is 0 Å². The Labute approximate surface area is 142 Å². The van der Waals surface area contributed by atoms with Gasteiger partial charge in [0.1, 0.15) is 6.04 Å². The van der Waals surface area contributed by atoms with Crippen LogP contribution in [0.3, 0.4) is 0 Å². The van der Waals surface area contributed by atoms with Gasteiger partial charge in [0, 0.05) is 13.5 Å². The monoisotopic (exact) mass is 322 g/mol. The molecule has 3 rings (SSSR count). The van der Waals surface area contributed by atoms with Crippen molar-refractivity contribution >= 4 is 11.8 Å². The van der Waals surface area contributed by atoms with Crippen LogP contribution in [0.2, 0.25) is 0 Å². The number of hydrogen-bond acceptors (Lipinski definition) is 2. The fraction of sp³-hybridized carbons (Fsp3) is 0.300. The molecule has 0 bridgehead atoms. The van der Waals surface area contributed by atoms with Crippen LogP contribution in [-0.2, 0) is 16.0 Å². The first-order valence-corrected chi connectivity index (χ1v) is 8.28. The molecule has 2 amide bonds. The van der Waals surface area contributed by atoms with Gasteiger partial charge in [0.2, 0.25) is 11.8 Å². The van der Waals surface area contributed by atoms with Crippen LogP contribution in [0.4, 0.5) is 0 Å². The zero-order valence-corrected chi connectivity index (χ0v) is 14.0. The van der Waals surface area contributed by atoms with Crippen molar-refractivity contribution in [3.63, 3.8) is 0 Å². The van der Waals surface area contributed by atoms with E-state index in [1.54, 1.807) is 4.90 Å². The standard InChI is InChI=1S/C20H22N2O2/c1-14(16-8-4-3-5-9-16)21-20(24)19-18-11-7-6-10-17(18)12-13-22(19)15(2)23/h3-11,14,19H,12-13H2,1-2H3,(H,21,24)/t14-,19+/m1/s1. The lowest BCUT2D eigenvalue weighted by Crippen LogP contribution is -2.46. The molecule has 0 aliphatic carbocycles. The first-order valence-electron chi connectivity index (χ1n) is 8.28. The third kappa shape index (κ3) is 3.18. The second kappa shape index (κ2) is 6.87. The Balaban J connectivity index is 1.87. The molecule has 4 heteroatoms. The Bertz CT molecular complexity index is 742. The van der Waals surface area contributed by atoms with Gasteiger partial charge in [-0.25, -0.2) is 0 Å². The maximum atomic E-state index is 13.0. The fourth-order valence-electron chi connectivity index (χ4n) is 3.31. The number of nitrogens with zero attached hydrogens (tertiary/aromatic N) is 1. The highest BCUT2D eigenvalue weighted by Gasteiger charge is 2.34. The lowest BCUT2D eigenvalue weighted by Gasteiger charge is -2.36. The zero-order valence-electron chi connectivity index (χ0n) is 14.0. The van der Waals surface area contributed by atoms with Gasteiger partial charge in [-0.05, 0) is 30.0 Å². The molecule has 124 valence electrons. The van der Waals surface area contributed by atoms with Gasteiger partial charge in [-0.2, -0.15) is 0 Å². The summed E-state index contributed by atoms with van der Waals surface area (Å²) in [6.07, 6.45) is 0.785. The van der Waals surface area contributed by atoms with E-state index in [-0.39, 0.29) is 17.9 Å². The van der Waals surface area contributed by atoms with E-state index in [2.05, 4.69) is 5.32 Å². The molecule has 0 unspecified atom stereocenters. The summed E-state index contributed by atoms with van der Waals surface area (Å²) in [5, 5.41) is 3.06. The van der Waals surface area contributed by atoms with Gasteiger partial charge in [0.15, 0.2) is 0 Å². The Kier molecular flexibility index (Phi) is 4.65. The van der Waals surface area contributed by atoms with E-state index in [0.717, 1.165) is 23.1 Å². The number of benzene rings is 2. The average molecular weight is 322 g/mol. The predicted octanol–water partition coefficient (Wildman–Crippen LogP) is 3.01. The molecule has 0 aromatic heterocycles. The molecule has 1 aliphatic rings. The van der Waals surface area contributed by atoms with Crippen LogP contribution in [-0.4, -0.2) is 23.3 Å². The molecular formula is C20H22N2O2. The topological polar surface area (TPSA) is 49.4 Å². The van der Waals surface area contributed by atoms with E-state index >= 15 is 0 Å². The molecule has 1 heterocycles. The van der Waals surface area contributed by atoms with Crippen molar-refractivity contribution in [1.82, 2.24) is 10.2 Å². The molecule has 0 saturated carbocycles. The molecule has 2 aromatic carbocycles. The van der Waals surface area contributed by atoms with Crippen LogP contribution in [0.15, 0.2) is 54.6 Å². The van der Waals surface area contributed by atoms with E-state index in [1.165, 1.54) is 6.92 Å². The first-order chi connectivity index (χ1) is 11.6. The van der Waals surface area contributed by atoms with Gasteiger partial charge >= 0.3 is 0 Å². The van der Waals surface area contributed by atoms with E-state index in [0.29, 0.717) is 6.54 Å². The van der Waals surface area contributed by atoms with Gasteiger partial charge < -0.3 is 10.2 Å². The smallest absolute Gasteiger partial charge is 0.247 e. The predicted molar refractivity (Wildman–Crippen MR) is 93.3 cm³/mol. The molecule has 0 spiro atoms. The molecule has 1 aliphatic heterocycles. The Hall–Kier alpha value is -2.62. The maximum absolute atomic E-state index is 13.0. The van der Waals surface area contributed by atoms with Crippen LogP contribution in [0.1, 0.15) is 42.6 Å². The lowest BCUT2D eigenvalue weighted by molar-refractivity contribution is -0.140. The number of rotatable bonds is 3. The minimum atomic E-state index is -0.557. The summed E-state index contributed by atoms with van der Waals surface area (Å²) in [7, 11) is 0. The quantitative estimate of drug-likeness (QED) is 0.944. The second-order valence-electron chi connectivity index (χ2n) is 6.20. The van der Waals surface area contributed by atoms with Crippen LogP contribution in [0, 0.1) is 0 Å². The summed E-state index contributed by atoms with van der Waals surface area (Å²) < 4.78 is 0. The van der Waals surface area contributed by atoms with Gasteiger partial charge in [-0.3, -0.25) is 9.59 Å². The Morgan fingerprint density at radius 1 is 1.08 bits per heavy atom. The van der Waals surface area contributed by atoms with E-state index in [1.807, 2.05) is 61.5 Å². The van der Waals surface area contributed by atoms with Gasteiger partial charge in [-0.15, -0.1) is 0 Å². The Morgan fingerprint density at radius 2 is 1.75 bits per heavy atom. The van der Waals surface area contributed by atoms with Crippen LogP contribution < -0.4 is 5.32 Å². The van der Waals surface area contributed by atoms with Crippen molar-refractivity contribution in [2.45, 2.75) is 32.4 Å². The van der Waals surface area contributed by atoms with Crippen molar-refractivity contribution in [1.29, 1.82) is 0 Å². The summed E-state index contributed by atoms with van der Waals surface area (Å²) in [6, 6.07) is 17.0. The molecule has 24 heavy (non-hydrogen) atoms.